The molecule has 0 spiro atoms. The van der Waals surface area contributed by atoms with Crippen molar-refractivity contribution >= 4 is 0 Å². The van der Waals surface area contributed by atoms with Gasteiger partial charge in [-0.15, -0.1) is 0 Å². The summed E-state index contributed by atoms with van der Waals surface area (Å²) in [6.07, 6.45) is -0.509. The largest absolute Gasteiger partial charge is 0.493 e. The van der Waals surface area contributed by atoms with E-state index in [1.54, 1.807) is 7.11 Å². The molecule has 0 saturated heterocycles. The fourth-order valence-corrected chi connectivity index (χ4v) is 2.25. The minimum Gasteiger partial charge on any atom is -0.493 e. The van der Waals surface area contributed by atoms with E-state index >= 15 is 0 Å². The second-order valence-electron chi connectivity index (χ2n) is 4.98. The number of benzene rings is 2. The van der Waals surface area contributed by atoms with Crippen LogP contribution in [0, 0.1) is 0 Å². The summed E-state index contributed by atoms with van der Waals surface area (Å²) in [5, 5.41) is 13.4. The number of aliphatic hydroxyl groups excluding tert-OH is 1. The third-order valence-corrected chi connectivity index (χ3v) is 3.38. The Bertz CT molecular complexity index is 572. The first-order valence-corrected chi connectivity index (χ1v) is 7.48. The van der Waals surface area contributed by atoms with Gasteiger partial charge in [0.25, 0.3) is 0 Å². The highest BCUT2D eigenvalue weighted by Crippen LogP contribution is 2.28. The first-order chi connectivity index (χ1) is 10.7. The number of nitrogens with one attached hydrogen (secondary N) is 1. The Hall–Kier alpha value is -2.04. The van der Waals surface area contributed by atoms with Crippen molar-refractivity contribution in [1.82, 2.24) is 5.32 Å². The van der Waals surface area contributed by atoms with E-state index in [-0.39, 0.29) is 0 Å². The lowest BCUT2D eigenvalue weighted by molar-refractivity contribution is 0.174. The highest BCUT2D eigenvalue weighted by molar-refractivity contribution is 5.42. The summed E-state index contributed by atoms with van der Waals surface area (Å²) in [6.45, 7) is 3.70. The van der Waals surface area contributed by atoms with E-state index in [0.29, 0.717) is 19.7 Å². The number of aliphatic hydroxyl groups is 1. The maximum Gasteiger partial charge on any atom is 0.161 e. The van der Waals surface area contributed by atoms with Crippen molar-refractivity contribution < 1.29 is 14.6 Å². The first kappa shape index (κ1) is 16.3. The molecular formula is C18H23NO3. The van der Waals surface area contributed by atoms with Gasteiger partial charge in [0, 0.05) is 13.1 Å². The molecule has 2 aromatic rings. The Kier molecular flexibility index (Phi) is 6.25. The van der Waals surface area contributed by atoms with Crippen molar-refractivity contribution in [3.63, 3.8) is 0 Å². The van der Waals surface area contributed by atoms with E-state index in [1.807, 2.05) is 55.5 Å². The van der Waals surface area contributed by atoms with Crippen LogP contribution in [0.2, 0.25) is 0 Å². The molecule has 0 heterocycles. The average Bonchev–Trinajstić information content (AvgIpc) is 2.56. The van der Waals surface area contributed by atoms with Crippen LogP contribution >= 0.6 is 0 Å². The molecule has 1 atom stereocenters. The minimum atomic E-state index is -0.509. The van der Waals surface area contributed by atoms with Gasteiger partial charge in [-0.25, -0.2) is 0 Å². The zero-order valence-electron chi connectivity index (χ0n) is 13.1. The van der Waals surface area contributed by atoms with E-state index in [0.717, 1.165) is 22.6 Å². The van der Waals surface area contributed by atoms with Crippen molar-refractivity contribution in [1.29, 1.82) is 0 Å². The van der Waals surface area contributed by atoms with Gasteiger partial charge in [-0.2, -0.15) is 0 Å². The number of methoxy groups -OCH3 is 1. The Morgan fingerprint density at radius 1 is 1.09 bits per heavy atom. The quantitative estimate of drug-likeness (QED) is 0.787. The second kappa shape index (κ2) is 8.41. The third kappa shape index (κ3) is 4.48. The van der Waals surface area contributed by atoms with Crippen LogP contribution in [0.3, 0.4) is 0 Å². The predicted molar refractivity (Wildman–Crippen MR) is 87.3 cm³/mol. The van der Waals surface area contributed by atoms with E-state index in [9.17, 15) is 5.11 Å². The van der Waals surface area contributed by atoms with Crippen LogP contribution in [0.1, 0.15) is 24.2 Å². The van der Waals surface area contributed by atoms with Gasteiger partial charge in [0.05, 0.1) is 19.8 Å². The van der Waals surface area contributed by atoms with Crippen LogP contribution < -0.4 is 14.8 Å². The van der Waals surface area contributed by atoms with E-state index in [4.69, 9.17) is 9.47 Å². The van der Waals surface area contributed by atoms with Crippen LogP contribution in [0.5, 0.6) is 11.5 Å². The summed E-state index contributed by atoms with van der Waals surface area (Å²) in [7, 11) is 1.63. The second-order valence-corrected chi connectivity index (χ2v) is 4.98. The zero-order valence-corrected chi connectivity index (χ0v) is 13.1. The predicted octanol–water partition coefficient (Wildman–Crippen LogP) is 2.92. The zero-order chi connectivity index (χ0) is 15.8. The lowest BCUT2D eigenvalue weighted by atomic mass is 10.1. The normalized spacial score (nSPS) is 12.0. The molecule has 2 aromatic carbocycles. The molecule has 2 rings (SSSR count). The third-order valence-electron chi connectivity index (χ3n) is 3.38. The smallest absolute Gasteiger partial charge is 0.161 e. The molecule has 118 valence electrons. The summed E-state index contributed by atoms with van der Waals surface area (Å²) >= 11 is 0. The molecule has 0 bridgehead atoms. The molecule has 0 unspecified atom stereocenters. The molecule has 0 aliphatic rings. The summed E-state index contributed by atoms with van der Waals surface area (Å²) in [6, 6.07) is 15.5. The van der Waals surface area contributed by atoms with Gasteiger partial charge in [-0.05, 0) is 30.2 Å². The van der Waals surface area contributed by atoms with Gasteiger partial charge in [-0.3, -0.25) is 0 Å². The molecular weight excluding hydrogens is 278 g/mol. The molecule has 22 heavy (non-hydrogen) atoms. The van der Waals surface area contributed by atoms with Gasteiger partial charge in [0.1, 0.15) is 0 Å². The number of ether oxygens (including phenoxy) is 2. The highest BCUT2D eigenvalue weighted by Gasteiger charge is 2.08. The molecule has 0 aromatic heterocycles. The molecule has 0 radical (unpaired) electrons. The summed E-state index contributed by atoms with van der Waals surface area (Å²) < 4.78 is 10.8. The van der Waals surface area contributed by atoms with Gasteiger partial charge >= 0.3 is 0 Å². The Morgan fingerprint density at radius 3 is 2.55 bits per heavy atom. The topological polar surface area (TPSA) is 50.7 Å². The summed E-state index contributed by atoms with van der Waals surface area (Å²) in [5.41, 5.74) is 2.00. The van der Waals surface area contributed by atoms with Crippen molar-refractivity contribution in [2.75, 3.05) is 20.3 Å². The molecule has 0 amide bonds. The molecule has 0 saturated carbocycles. The van der Waals surface area contributed by atoms with E-state index < -0.39 is 6.10 Å². The molecule has 4 heteroatoms. The maximum atomic E-state index is 10.1. The van der Waals surface area contributed by atoms with Crippen molar-refractivity contribution in [2.24, 2.45) is 0 Å². The van der Waals surface area contributed by atoms with Crippen LogP contribution in [0.4, 0.5) is 0 Å². The van der Waals surface area contributed by atoms with Gasteiger partial charge in [0.2, 0.25) is 0 Å². The average molecular weight is 301 g/mol. The van der Waals surface area contributed by atoms with E-state index in [1.165, 1.54) is 0 Å². The van der Waals surface area contributed by atoms with Crippen LogP contribution in [-0.2, 0) is 6.54 Å². The first-order valence-electron chi connectivity index (χ1n) is 7.48. The van der Waals surface area contributed by atoms with Crippen molar-refractivity contribution in [3.05, 3.63) is 59.7 Å². The fraction of sp³-hybridized carbons (Fsp3) is 0.333. The number of hydrogen-bond donors (Lipinski definition) is 2. The Morgan fingerprint density at radius 2 is 1.86 bits per heavy atom. The van der Waals surface area contributed by atoms with E-state index in [2.05, 4.69) is 5.32 Å². The molecule has 2 N–H and O–H groups in total. The number of rotatable bonds is 8. The fourth-order valence-electron chi connectivity index (χ4n) is 2.25. The molecule has 4 nitrogen and oxygen atoms in total. The van der Waals surface area contributed by atoms with Crippen LogP contribution in [0.25, 0.3) is 0 Å². The minimum absolute atomic E-state index is 0.500. The molecule has 0 aliphatic carbocycles. The van der Waals surface area contributed by atoms with Gasteiger partial charge in [0.15, 0.2) is 11.5 Å². The van der Waals surface area contributed by atoms with Gasteiger partial charge in [-0.1, -0.05) is 36.4 Å². The Labute approximate surface area is 131 Å². The summed E-state index contributed by atoms with van der Waals surface area (Å²) in [4.78, 5) is 0. The number of hydrogen-bond acceptors (Lipinski definition) is 4. The lowest BCUT2D eigenvalue weighted by Gasteiger charge is -2.14. The standard InChI is InChI=1S/C18H23NO3/c1-3-22-18-11-14(9-10-17(18)21-2)12-19-13-16(20)15-7-5-4-6-8-15/h4-11,16,19-20H,3,12-13H2,1-2H3/t16-/m0/s1. The van der Waals surface area contributed by atoms with Crippen LogP contribution in [-0.4, -0.2) is 25.4 Å². The molecule has 0 aliphatic heterocycles. The Balaban J connectivity index is 1.90. The lowest BCUT2D eigenvalue weighted by Crippen LogP contribution is -2.21. The molecule has 0 fully saturated rings. The SMILES string of the molecule is CCOc1cc(CNC[C@H](O)c2ccccc2)ccc1OC. The van der Waals surface area contributed by atoms with Crippen LogP contribution in [0.15, 0.2) is 48.5 Å². The van der Waals surface area contributed by atoms with Gasteiger partial charge < -0.3 is 19.9 Å². The van der Waals surface area contributed by atoms with Crippen molar-refractivity contribution in [2.45, 2.75) is 19.6 Å². The summed E-state index contributed by atoms with van der Waals surface area (Å²) in [5.74, 6) is 1.47. The maximum absolute atomic E-state index is 10.1. The van der Waals surface area contributed by atoms with Crippen molar-refractivity contribution in [3.8, 4) is 11.5 Å². The highest BCUT2D eigenvalue weighted by atomic mass is 16.5. The monoisotopic (exact) mass is 301 g/mol.